The van der Waals surface area contributed by atoms with E-state index in [0.717, 1.165) is 28.4 Å². The summed E-state index contributed by atoms with van der Waals surface area (Å²) in [6.07, 6.45) is -4.02. The van der Waals surface area contributed by atoms with Crippen LogP contribution in [0, 0.1) is 12.7 Å². The van der Waals surface area contributed by atoms with Crippen molar-refractivity contribution in [1.82, 2.24) is 15.0 Å². The number of benzene rings is 1. The van der Waals surface area contributed by atoms with Gasteiger partial charge in [-0.1, -0.05) is 24.8 Å². The minimum atomic E-state index is -4.72. The van der Waals surface area contributed by atoms with Gasteiger partial charge in [-0.05, 0) is 25.5 Å². The van der Waals surface area contributed by atoms with Crippen LogP contribution >= 0.6 is 23.1 Å². The maximum Gasteiger partial charge on any atom is 0.419 e. The zero-order valence-corrected chi connectivity index (χ0v) is 16.6. The lowest BCUT2D eigenvalue weighted by molar-refractivity contribution is -0.139. The van der Waals surface area contributed by atoms with Crippen molar-refractivity contribution in [2.24, 2.45) is 0 Å². The highest BCUT2D eigenvalue weighted by Crippen LogP contribution is 2.36. The fourth-order valence-electron chi connectivity index (χ4n) is 2.54. The highest BCUT2D eigenvalue weighted by Gasteiger charge is 2.34. The summed E-state index contributed by atoms with van der Waals surface area (Å²) < 4.78 is 52.1. The van der Waals surface area contributed by atoms with Crippen molar-refractivity contribution in [3.8, 4) is 10.6 Å². The molecule has 0 radical (unpaired) electrons. The van der Waals surface area contributed by atoms with E-state index in [1.807, 2.05) is 13.8 Å². The van der Waals surface area contributed by atoms with Gasteiger partial charge in [-0.3, -0.25) is 0 Å². The lowest BCUT2D eigenvalue weighted by atomic mass is 10.1. The number of hydrogen-bond donors (Lipinski definition) is 1. The molecule has 0 aliphatic heterocycles. The third-order valence-corrected chi connectivity index (χ3v) is 5.96. The molecule has 0 saturated carbocycles. The molecule has 0 atom stereocenters. The van der Waals surface area contributed by atoms with Crippen LogP contribution in [-0.2, 0) is 18.3 Å². The van der Waals surface area contributed by atoms with Crippen LogP contribution < -0.4 is 5.73 Å². The van der Waals surface area contributed by atoms with Gasteiger partial charge in [0, 0.05) is 28.0 Å². The second-order valence-electron chi connectivity index (χ2n) is 5.94. The molecule has 1 aromatic carbocycles. The third kappa shape index (κ3) is 4.61. The van der Waals surface area contributed by atoms with Gasteiger partial charge in [0.25, 0.3) is 0 Å². The van der Waals surface area contributed by atoms with Crippen LogP contribution in [0.2, 0.25) is 0 Å². The maximum atomic E-state index is 13.9. The number of rotatable bonds is 5. The molecule has 0 aliphatic carbocycles. The van der Waals surface area contributed by atoms with Crippen LogP contribution in [0.4, 0.5) is 23.4 Å². The largest absolute Gasteiger partial charge is 0.419 e. The number of thiazole rings is 1. The third-order valence-electron chi connectivity index (χ3n) is 3.81. The van der Waals surface area contributed by atoms with Crippen LogP contribution in [-0.4, -0.2) is 15.0 Å². The van der Waals surface area contributed by atoms with E-state index >= 15 is 0 Å². The fourth-order valence-corrected chi connectivity index (χ4v) is 4.52. The molecule has 28 heavy (non-hydrogen) atoms. The number of thioether (sulfide) groups is 1. The molecule has 0 unspecified atom stereocenters. The number of hydrogen-bond acceptors (Lipinski definition) is 6. The number of nitrogen functional groups attached to an aromatic ring is 1. The number of nitrogens with two attached hydrogens (primary N) is 1. The molecule has 0 saturated heterocycles. The van der Waals surface area contributed by atoms with Crippen molar-refractivity contribution < 1.29 is 17.6 Å². The quantitative estimate of drug-likeness (QED) is 0.330. The van der Waals surface area contributed by atoms with Gasteiger partial charge in [-0.15, -0.1) is 11.3 Å². The highest BCUT2D eigenvalue weighted by atomic mass is 32.2. The number of halogens is 4. The van der Waals surface area contributed by atoms with Crippen molar-refractivity contribution in [3.05, 3.63) is 51.9 Å². The Morgan fingerprint density at radius 2 is 1.89 bits per heavy atom. The van der Waals surface area contributed by atoms with Crippen molar-refractivity contribution in [2.45, 2.75) is 37.4 Å². The molecule has 2 N–H and O–H groups in total. The summed E-state index contributed by atoms with van der Waals surface area (Å²) >= 11 is 2.71. The zero-order chi connectivity index (χ0) is 20.5. The van der Waals surface area contributed by atoms with Crippen LogP contribution in [0.3, 0.4) is 0 Å². The van der Waals surface area contributed by atoms with E-state index in [4.69, 9.17) is 5.73 Å². The average Bonchev–Trinajstić information content (AvgIpc) is 3.01. The summed E-state index contributed by atoms with van der Waals surface area (Å²) in [5, 5.41) is 0.999. The van der Waals surface area contributed by atoms with E-state index in [1.54, 1.807) is 6.07 Å². The van der Waals surface area contributed by atoms with Gasteiger partial charge in [0.15, 0.2) is 5.16 Å². The van der Waals surface area contributed by atoms with E-state index < -0.39 is 17.6 Å². The Labute approximate surface area is 167 Å². The average molecular weight is 428 g/mol. The van der Waals surface area contributed by atoms with Crippen LogP contribution in [0.1, 0.15) is 28.8 Å². The lowest BCUT2D eigenvalue weighted by Gasteiger charge is -2.08. The molecule has 3 aromatic rings. The summed E-state index contributed by atoms with van der Waals surface area (Å²) in [4.78, 5) is 14.0. The molecule has 0 amide bonds. The number of nitrogens with zero attached hydrogens (tertiary/aromatic N) is 3. The SMILES string of the molecule is CCc1sc(-c2ccc(C(F)(F)F)c(F)c2)nc1CSc1nc(C)cc(N)n1. The van der Waals surface area contributed by atoms with Gasteiger partial charge < -0.3 is 5.73 Å². The molecular weight excluding hydrogens is 412 g/mol. The second kappa shape index (κ2) is 8.04. The summed E-state index contributed by atoms with van der Waals surface area (Å²) in [6.45, 7) is 3.78. The minimum absolute atomic E-state index is 0.317. The van der Waals surface area contributed by atoms with E-state index in [2.05, 4.69) is 15.0 Å². The molecule has 0 spiro atoms. The monoisotopic (exact) mass is 428 g/mol. The van der Waals surface area contributed by atoms with Gasteiger partial charge in [0.1, 0.15) is 16.6 Å². The van der Waals surface area contributed by atoms with Gasteiger partial charge in [-0.2, -0.15) is 13.2 Å². The molecule has 3 rings (SSSR count). The minimum Gasteiger partial charge on any atom is -0.384 e. The van der Waals surface area contributed by atoms with Gasteiger partial charge in [-0.25, -0.2) is 19.3 Å². The van der Waals surface area contributed by atoms with Crippen LogP contribution in [0.25, 0.3) is 10.6 Å². The Balaban J connectivity index is 1.85. The standard InChI is InChI=1S/C18H16F4N4S2/c1-3-14-13(8-27-17-24-9(2)6-15(23)26-17)25-16(28-14)10-4-5-11(12(19)7-10)18(20,21)22/h4-7H,3,8H2,1-2H3,(H2,23,24,26). The normalized spacial score (nSPS) is 11.8. The van der Waals surface area contributed by atoms with Crippen molar-refractivity contribution in [3.63, 3.8) is 0 Å². The first-order valence-corrected chi connectivity index (χ1v) is 10.1. The Kier molecular flexibility index (Phi) is 5.90. The first-order valence-electron chi connectivity index (χ1n) is 8.27. The van der Waals surface area contributed by atoms with E-state index in [0.29, 0.717) is 33.7 Å². The van der Waals surface area contributed by atoms with Crippen molar-refractivity contribution in [1.29, 1.82) is 0 Å². The summed E-state index contributed by atoms with van der Waals surface area (Å²) in [7, 11) is 0. The summed E-state index contributed by atoms with van der Waals surface area (Å²) in [6, 6.07) is 4.53. The molecular formula is C18H16F4N4S2. The van der Waals surface area contributed by atoms with Gasteiger partial charge in [0.2, 0.25) is 0 Å². The molecule has 0 aliphatic rings. The number of anilines is 1. The topological polar surface area (TPSA) is 64.7 Å². The molecule has 148 valence electrons. The van der Waals surface area contributed by atoms with Gasteiger partial charge >= 0.3 is 6.18 Å². The molecule has 2 aromatic heterocycles. The van der Waals surface area contributed by atoms with E-state index in [1.165, 1.54) is 29.2 Å². The lowest BCUT2D eigenvalue weighted by Crippen LogP contribution is -2.07. The Hall–Kier alpha value is -2.20. The smallest absolute Gasteiger partial charge is 0.384 e. The second-order valence-corrected chi connectivity index (χ2v) is 7.97. The molecule has 4 nitrogen and oxygen atoms in total. The molecule has 0 fully saturated rings. The Bertz CT molecular complexity index is 981. The predicted octanol–water partition coefficient (Wildman–Crippen LogP) is 5.50. The van der Waals surface area contributed by atoms with Crippen molar-refractivity contribution >= 4 is 28.9 Å². The number of aryl methyl sites for hydroxylation is 2. The molecule has 10 heteroatoms. The van der Waals surface area contributed by atoms with E-state index in [-0.39, 0.29) is 0 Å². The van der Waals surface area contributed by atoms with E-state index in [9.17, 15) is 17.6 Å². The predicted molar refractivity (Wildman–Crippen MR) is 103 cm³/mol. The number of alkyl halides is 3. The maximum absolute atomic E-state index is 13.9. The fraction of sp³-hybridized carbons (Fsp3) is 0.278. The van der Waals surface area contributed by atoms with Crippen molar-refractivity contribution in [2.75, 3.05) is 5.73 Å². The first kappa shape index (κ1) is 20.5. The van der Waals surface area contributed by atoms with Gasteiger partial charge in [0.05, 0.1) is 11.3 Å². The molecule has 2 heterocycles. The summed E-state index contributed by atoms with van der Waals surface area (Å²) in [5.41, 5.74) is 6.29. The highest BCUT2D eigenvalue weighted by molar-refractivity contribution is 7.98. The molecule has 0 bridgehead atoms. The zero-order valence-electron chi connectivity index (χ0n) is 15.0. The van der Waals surface area contributed by atoms with Crippen LogP contribution in [0.5, 0.6) is 0 Å². The number of aromatic nitrogens is 3. The Morgan fingerprint density at radius 1 is 1.14 bits per heavy atom. The summed E-state index contributed by atoms with van der Waals surface area (Å²) in [5.74, 6) is -0.450. The van der Waals surface area contributed by atoms with Crippen LogP contribution in [0.15, 0.2) is 29.4 Å². The first-order chi connectivity index (χ1) is 13.2. The Morgan fingerprint density at radius 3 is 2.50 bits per heavy atom.